The van der Waals surface area contributed by atoms with Crippen molar-refractivity contribution >= 4 is 61.2 Å². The van der Waals surface area contributed by atoms with E-state index in [0.717, 1.165) is 41.0 Å². The van der Waals surface area contributed by atoms with E-state index < -0.39 is 11.8 Å². The number of aryl methyl sites for hydroxylation is 1. The minimum Gasteiger partial charge on any atom is -0.365 e. The monoisotopic (exact) mass is 394 g/mol. The maximum atomic E-state index is 13.4. The van der Waals surface area contributed by atoms with E-state index in [0.29, 0.717) is 20.7 Å². The number of fused-ring (bicyclic) bond motifs is 2. The van der Waals surface area contributed by atoms with Crippen molar-refractivity contribution in [2.24, 2.45) is 5.73 Å². The van der Waals surface area contributed by atoms with Gasteiger partial charge in [-0.1, -0.05) is 11.6 Å². The smallest absolute Gasteiger partial charge is 0.267 e. The molecule has 128 valence electrons. The number of hydrogen-bond donors (Lipinski definition) is 2. The van der Waals surface area contributed by atoms with Crippen molar-refractivity contribution in [3.8, 4) is 0 Å². The van der Waals surface area contributed by atoms with Crippen LogP contribution in [0.3, 0.4) is 0 Å². The fourth-order valence-electron chi connectivity index (χ4n) is 3.10. The van der Waals surface area contributed by atoms with Crippen LogP contribution in [0.1, 0.15) is 36.9 Å². The van der Waals surface area contributed by atoms with E-state index in [-0.39, 0.29) is 15.7 Å². The molecular formula is C17H12ClFN2O2S2. The Bertz CT molecular complexity index is 1040. The molecule has 0 atom stereocenters. The molecule has 1 aliphatic carbocycles. The first-order chi connectivity index (χ1) is 12.0. The molecule has 1 aromatic carbocycles. The molecule has 2 amide bonds. The average molecular weight is 395 g/mol. The van der Waals surface area contributed by atoms with Crippen LogP contribution in [-0.2, 0) is 12.8 Å². The Morgan fingerprint density at radius 1 is 1.24 bits per heavy atom. The molecule has 3 aromatic rings. The van der Waals surface area contributed by atoms with Gasteiger partial charge in [0, 0.05) is 15.0 Å². The fraction of sp³-hybridized carbons (Fsp3) is 0.176. The minimum absolute atomic E-state index is 0.280. The van der Waals surface area contributed by atoms with Crippen LogP contribution in [0.15, 0.2) is 18.2 Å². The van der Waals surface area contributed by atoms with E-state index in [2.05, 4.69) is 5.32 Å². The van der Waals surface area contributed by atoms with Crippen LogP contribution in [0.25, 0.3) is 10.1 Å². The lowest BCUT2D eigenvalue weighted by Gasteiger charge is -2.05. The summed E-state index contributed by atoms with van der Waals surface area (Å²) >= 11 is 8.79. The Kier molecular flexibility index (Phi) is 4.02. The summed E-state index contributed by atoms with van der Waals surface area (Å²) in [6.45, 7) is 0. The summed E-state index contributed by atoms with van der Waals surface area (Å²) in [5, 5.41) is 4.13. The molecule has 0 bridgehead atoms. The zero-order valence-corrected chi connectivity index (χ0v) is 15.2. The van der Waals surface area contributed by atoms with Crippen LogP contribution in [-0.4, -0.2) is 11.8 Å². The van der Waals surface area contributed by atoms with E-state index in [1.165, 1.54) is 23.5 Å². The molecule has 0 saturated heterocycles. The van der Waals surface area contributed by atoms with E-state index in [9.17, 15) is 14.0 Å². The molecule has 0 spiro atoms. The molecule has 1 aliphatic rings. The Hall–Kier alpha value is -1.96. The largest absolute Gasteiger partial charge is 0.365 e. The number of halogens is 2. The zero-order chi connectivity index (χ0) is 17.7. The minimum atomic E-state index is -0.542. The molecule has 2 heterocycles. The van der Waals surface area contributed by atoms with E-state index >= 15 is 0 Å². The summed E-state index contributed by atoms with van der Waals surface area (Å²) in [6, 6.07) is 4.20. The maximum absolute atomic E-state index is 13.4. The van der Waals surface area contributed by atoms with Gasteiger partial charge in [0.15, 0.2) is 0 Å². The van der Waals surface area contributed by atoms with E-state index in [1.54, 1.807) is 6.07 Å². The molecule has 3 N–H and O–H groups in total. The molecule has 8 heteroatoms. The second-order valence-electron chi connectivity index (χ2n) is 5.77. The number of nitrogens with one attached hydrogen (secondary N) is 1. The number of nitrogens with two attached hydrogens (primary N) is 1. The van der Waals surface area contributed by atoms with Crippen LogP contribution in [0, 0.1) is 5.82 Å². The fourth-order valence-corrected chi connectivity index (χ4v) is 5.82. The summed E-state index contributed by atoms with van der Waals surface area (Å²) in [5.74, 6) is -1.35. The van der Waals surface area contributed by atoms with Crippen LogP contribution >= 0.6 is 34.3 Å². The van der Waals surface area contributed by atoms with Crippen LogP contribution in [0.4, 0.5) is 9.39 Å². The summed E-state index contributed by atoms with van der Waals surface area (Å²) in [6.07, 6.45) is 2.67. The Balaban J connectivity index is 1.72. The number of anilines is 1. The highest BCUT2D eigenvalue weighted by atomic mass is 35.5. The molecule has 4 rings (SSSR count). The van der Waals surface area contributed by atoms with Gasteiger partial charge in [0.2, 0.25) is 0 Å². The Morgan fingerprint density at radius 3 is 2.80 bits per heavy atom. The number of amides is 2. The van der Waals surface area contributed by atoms with Crippen molar-refractivity contribution in [1.29, 1.82) is 0 Å². The van der Waals surface area contributed by atoms with Crippen LogP contribution in [0.2, 0.25) is 5.02 Å². The Morgan fingerprint density at radius 2 is 2.04 bits per heavy atom. The van der Waals surface area contributed by atoms with Crippen LogP contribution < -0.4 is 11.1 Å². The highest BCUT2D eigenvalue weighted by molar-refractivity contribution is 7.22. The summed E-state index contributed by atoms with van der Waals surface area (Å²) in [7, 11) is 0. The second-order valence-corrected chi connectivity index (χ2v) is 8.30. The zero-order valence-electron chi connectivity index (χ0n) is 12.8. The lowest BCUT2D eigenvalue weighted by molar-refractivity contribution is 0.100. The van der Waals surface area contributed by atoms with E-state index in [4.69, 9.17) is 17.3 Å². The highest BCUT2D eigenvalue weighted by Gasteiger charge is 2.27. The topological polar surface area (TPSA) is 72.2 Å². The van der Waals surface area contributed by atoms with Gasteiger partial charge in [0.25, 0.3) is 11.8 Å². The number of carbonyl (C=O) groups is 2. The summed E-state index contributed by atoms with van der Waals surface area (Å²) in [4.78, 5) is 25.9. The van der Waals surface area contributed by atoms with Gasteiger partial charge in [-0.15, -0.1) is 22.7 Å². The lowest BCUT2D eigenvalue weighted by Crippen LogP contribution is -2.17. The van der Waals surface area contributed by atoms with Gasteiger partial charge in [-0.2, -0.15) is 0 Å². The van der Waals surface area contributed by atoms with Gasteiger partial charge in [0.05, 0.1) is 10.6 Å². The number of primary amides is 1. The quantitative estimate of drug-likeness (QED) is 0.681. The highest BCUT2D eigenvalue weighted by Crippen LogP contribution is 2.40. The number of thiophene rings is 2. The van der Waals surface area contributed by atoms with Gasteiger partial charge in [-0.05, 0) is 43.0 Å². The second kappa shape index (κ2) is 6.09. The standard InChI is InChI=1S/C17H12ClFN2O2S2/c18-13-9-5-4-7(19)6-11(9)24-14(13)16(23)21-17-12(15(20)22)8-2-1-3-10(8)25-17/h4-6H,1-3H2,(H2,20,22)(H,21,23). The molecule has 0 saturated carbocycles. The van der Waals surface area contributed by atoms with Crippen molar-refractivity contribution in [3.05, 3.63) is 49.9 Å². The maximum Gasteiger partial charge on any atom is 0.267 e. The molecule has 4 nitrogen and oxygen atoms in total. The van der Waals surface area contributed by atoms with Crippen molar-refractivity contribution in [2.75, 3.05) is 5.32 Å². The van der Waals surface area contributed by atoms with Gasteiger partial charge < -0.3 is 11.1 Å². The third-order valence-electron chi connectivity index (χ3n) is 4.19. The summed E-state index contributed by atoms with van der Waals surface area (Å²) in [5.41, 5.74) is 6.84. The SMILES string of the molecule is NC(=O)c1c(NC(=O)c2sc3cc(F)ccc3c2Cl)sc2c1CCC2. The number of benzene rings is 1. The third kappa shape index (κ3) is 2.72. The third-order valence-corrected chi connectivity index (χ3v) is 7.06. The number of carbonyl (C=O) groups excluding carboxylic acids is 2. The molecule has 0 unspecified atom stereocenters. The summed E-state index contributed by atoms with van der Waals surface area (Å²) < 4.78 is 14.0. The van der Waals surface area contributed by atoms with Crippen molar-refractivity contribution < 1.29 is 14.0 Å². The lowest BCUT2D eigenvalue weighted by atomic mass is 10.1. The predicted molar refractivity (Wildman–Crippen MR) is 99.6 cm³/mol. The first-order valence-corrected chi connectivity index (χ1v) is 9.60. The van der Waals surface area contributed by atoms with Crippen molar-refractivity contribution in [3.63, 3.8) is 0 Å². The van der Waals surface area contributed by atoms with Gasteiger partial charge in [-0.3, -0.25) is 9.59 Å². The first-order valence-electron chi connectivity index (χ1n) is 7.59. The Labute approximate surface area is 155 Å². The molecule has 25 heavy (non-hydrogen) atoms. The number of hydrogen-bond acceptors (Lipinski definition) is 4. The molecular weight excluding hydrogens is 383 g/mol. The van der Waals surface area contributed by atoms with Gasteiger partial charge >= 0.3 is 0 Å². The van der Waals surface area contributed by atoms with Gasteiger partial charge in [0.1, 0.15) is 15.7 Å². The molecule has 0 aliphatic heterocycles. The first kappa shape index (κ1) is 16.5. The normalized spacial score (nSPS) is 13.2. The van der Waals surface area contributed by atoms with Gasteiger partial charge in [-0.25, -0.2) is 4.39 Å². The number of rotatable bonds is 3. The van der Waals surface area contributed by atoms with E-state index in [1.807, 2.05) is 0 Å². The predicted octanol–water partition coefficient (Wildman–Crippen LogP) is 4.60. The molecule has 0 radical (unpaired) electrons. The van der Waals surface area contributed by atoms with Crippen molar-refractivity contribution in [1.82, 2.24) is 0 Å². The molecule has 0 fully saturated rings. The van der Waals surface area contributed by atoms with Crippen LogP contribution in [0.5, 0.6) is 0 Å². The average Bonchev–Trinajstić information content (AvgIpc) is 3.19. The van der Waals surface area contributed by atoms with Crippen molar-refractivity contribution in [2.45, 2.75) is 19.3 Å². The molecule has 2 aromatic heterocycles.